The average molecular weight is 225 g/mol. The van der Waals surface area contributed by atoms with Crippen molar-refractivity contribution in [3.05, 3.63) is 24.1 Å². The van der Waals surface area contributed by atoms with Gasteiger partial charge < -0.3 is 0 Å². The van der Waals surface area contributed by atoms with Crippen molar-refractivity contribution in [3.8, 4) is 0 Å². The molecule has 0 bridgehead atoms. The van der Waals surface area contributed by atoms with Gasteiger partial charge in [-0.2, -0.15) is 0 Å². The van der Waals surface area contributed by atoms with Crippen LogP contribution in [0.4, 0.5) is 4.39 Å². The Labute approximate surface area is 72.9 Å². The lowest BCUT2D eigenvalue weighted by atomic mass is 10.0. The van der Waals surface area contributed by atoms with Crippen molar-refractivity contribution < 1.29 is 4.39 Å². The van der Waals surface area contributed by atoms with Gasteiger partial charge in [0.1, 0.15) is 9.61 Å². The standard InChI is InChI=1S/C7H7BrClF/c1-5-2-3-6(10)4-7(5,8)9/h2-5H,1H3. The van der Waals surface area contributed by atoms with Gasteiger partial charge >= 0.3 is 0 Å². The van der Waals surface area contributed by atoms with E-state index in [1.807, 2.05) is 6.92 Å². The third kappa shape index (κ3) is 1.61. The smallest absolute Gasteiger partial charge is 0.126 e. The minimum Gasteiger partial charge on any atom is -0.207 e. The van der Waals surface area contributed by atoms with Gasteiger partial charge in [-0.25, -0.2) is 4.39 Å². The molecule has 3 heteroatoms. The van der Waals surface area contributed by atoms with Gasteiger partial charge in [0, 0.05) is 5.92 Å². The van der Waals surface area contributed by atoms with E-state index in [4.69, 9.17) is 11.6 Å². The van der Waals surface area contributed by atoms with Gasteiger partial charge in [-0.3, -0.25) is 0 Å². The Balaban J connectivity index is 2.88. The highest BCUT2D eigenvalue weighted by molar-refractivity contribution is 9.10. The lowest BCUT2D eigenvalue weighted by Crippen LogP contribution is -2.20. The van der Waals surface area contributed by atoms with Crippen molar-refractivity contribution in [2.45, 2.75) is 10.7 Å². The lowest BCUT2D eigenvalue weighted by molar-refractivity contribution is 0.617. The first kappa shape index (κ1) is 8.28. The summed E-state index contributed by atoms with van der Waals surface area (Å²) in [6.07, 6.45) is 4.52. The second-order valence-corrected chi connectivity index (χ2v) is 4.75. The Morgan fingerprint density at radius 2 is 2.40 bits per heavy atom. The SMILES string of the molecule is CC1C=CC(F)=CC1(Cl)Br. The van der Waals surface area contributed by atoms with E-state index in [1.165, 1.54) is 12.2 Å². The summed E-state index contributed by atoms with van der Waals surface area (Å²) in [4.78, 5) is 0. The quantitative estimate of drug-likeness (QED) is 0.555. The number of hydrogen-bond acceptors (Lipinski definition) is 0. The highest BCUT2D eigenvalue weighted by Crippen LogP contribution is 2.38. The molecule has 0 saturated carbocycles. The summed E-state index contributed by atoms with van der Waals surface area (Å²) in [5.74, 6) is -0.168. The fraction of sp³-hybridized carbons (Fsp3) is 0.429. The molecule has 0 nitrogen and oxygen atoms in total. The van der Waals surface area contributed by atoms with Crippen molar-refractivity contribution >= 4 is 27.5 Å². The zero-order chi connectivity index (χ0) is 7.78. The van der Waals surface area contributed by atoms with E-state index in [-0.39, 0.29) is 11.7 Å². The van der Waals surface area contributed by atoms with Gasteiger partial charge in [0.05, 0.1) is 0 Å². The van der Waals surface area contributed by atoms with Crippen LogP contribution in [0.2, 0.25) is 0 Å². The number of allylic oxidation sites excluding steroid dienone is 4. The summed E-state index contributed by atoms with van der Waals surface area (Å²) in [5, 5.41) is 0. The van der Waals surface area contributed by atoms with Crippen LogP contribution in [0.3, 0.4) is 0 Å². The van der Waals surface area contributed by atoms with Crippen LogP contribution < -0.4 is 0 Å². The minimum absolute atomic E-state index is 0.119. The zero-order valence-electron chi connectivity index (χ0n) is 5.44. The van der Waals surface area contributed by atoms with Crippen LogP contribution in [0, 0.1) is 5.92 Å². The fourth-order valence-electron chi connectivity index (χ4n) is 0.728. The molecule has 1 rings (SSSR count). The molecule has 1 aliphatic rings. The molecule has 0 aromatic rings. The molecular weight excluding hydrogens is 218 g/mol. The van der Waals surface area contributed by atoms with Crippen molar-refractivity contribution in [1.29, 1.82) is 0 Å². The van der Waals surface area contributed by atoms with Crippen LogP contribution in [0.25, 0.3) is 0 Å². The van der Waals surface area contributed by atoms with Crippen LogP contribution in [-0.2, 0) is 0 Å². The van der Waals surface area contributed by atoms with Crippen molar-refractivity contribution in [1.82, 2.24) is 0 Å². The predicted molar refractivity (Wildman–Crippen MR) is 45.0 cm³/mol. The number of halogens is 3. The van der Waals surface area contributed by atoms with Gasteiger partial charge in [0.25, 0.3) is 0 Å². The number of alkyl halides is 2. The molecule has 2 unspecified atom stereocenters. The lowest BCUT2D eigenvalue weighted by Gasteiger charge is -2.23. The Morgan fingerprint density at radius 3 is 2.80 bits per heavy atom. The van der Waals surface area contributed by atoms with Crippen molar-refractivity contribution in [2.75, 3.05) is 0 Å². The van der Waals surface area contributed by atoms with E-state index in [9.17, 15) is 4.39 Å². The van der Waals surface area contributed by atoms with E-state index in [0.717, 1.165) is 0 Å². The van der Waals surface area contributed by atoms with E-state index in [0.29, 0.717) is 0 Å². The van der Waals surface area contributed by atoms with Crippen molar-refractivity contribution in [2.24, 2.45) is 5.92 Å². The summed E-state index contributed by atoms with van der Waals surface area (Å²) in [7, 11) is 0. The summed E-state index contributed by atoms with van der Waals surface area (Å²) < 4.78 is 11.8. The summed E-state index contributed by atoms with van der Waals surface area (Å²) >= 11 is 9.06. The molecule has 0 N–H and O–H groups in total. The molecule has 0 amide bonds. The third-order valence-corrected chi connectivity index (χ3v) is 2.89. The van der Waals surface area contributed by atoms with Gasteiger partial charge in [-0.1, -0.05) is 28.9 Å². The molecule has 1 aliphatic carbocycles. The van der Waals surface area contributed by atoms with Gasteiger partial charge in [-0.15, -0.1) is 11.6 Å². The minimum atomic E-state index is -0.730. The van der Waals surface area contributed by atoms with E-state index in [2.05, 4.69) is 15.9 Å². The maximum absolute atomic E-state index is 12.5. The zero-order valence-corrected chi connectivity index (χ0v) is 7.79. The Kier molecular flexibility index (Phi) is 2.21. The van der Waals surface area contributed by atoms with Crippen LogP contribution in [-0.4, -0.2) is 3.78 Å². The van der Waals surface area contributed by atoms with E-state index >= 15 is 0 Å². The first-order valence-corrected chi connectivity index (χ1v) is 4.14. The molecule has 0 aromatic carbocycles. The molecule has 0 aromatic heterocycles. The van der Waals surface area contributed by atoms with Gasteiger partial charge in [-0.05, 0) is 12.2 Å². The number of rotatable bonds is 0. The Bertz CT molecular complexity index is 196. The molecule has 2 atom stereocenters. The van der Waals surface area contributed by atoms with Crippen LogP contribution >= 0.6 is 27.5 Å². The predicted octanol–water partition coefficient (Wildman–Crippen LogP) is 3.38. The largest absolute Gasteiger partial charge is 0.207 e. The molecule has 0 heterocycles. The number of hydrogen-bond donors (Lipinski definition) is 0. The highest BCUT2D eigenvalue weighted by atomic mass is 79.9. The maximum atomic E-state index is 12.5. The third-order valence-electron chi connectivity index (χ3n) is 1.48. The molecule has 10 heavy (non-hydrogen) atoms. The van der Waals surface area contributed by atoms with Gasteiger partial charge in [0.2, 0.25) is 0 Å². The van der Waals surface area contributed by atoms with E-state index < -0.39 is 3.78 Å². The second-order valence-electron chi connectivity index (χ2n) is 2.35. The molecular formula is C7H7BrClF. The van der Waals surface area contributed by atoms with E-state index in [1.54, 1.807) is 6.08 Å². The fourth-order valence-corrected chi connectivity index (χ4v) is 1.28. The topological polar surface area (TPSA) is 0 Å². The highest BCUT2D eigenvalue weighted by Gasteiger charge is 2.29. The molecule has 56 valence electrons. The summed E-state index contributed by atoms with van der Waals surface area (Å²) in [5.41, 5.74) is 0. The first-order chi connectivity index (χ1) is 4.52. The molecule has 0 aliphatic heterocycles. The first-order valence-electron chi connectivity index (χ1n) is 2.97. The Hall–Kier alpha value is 0.180. The Morgan fingerprint density at radius 1 is 1.80 bits per heavy atom. The molecule has 0 radical (unpaired) electrons. The van der Waals surface area contributed by atoms with Gasteiger partial charge in [0.15, 0.2) is 0 Å². The van der Waals surface area contributed by atoms with Crippen molar-refractivity contribution in [3.63, 3.8) is 0 Å². The van der Waals surface area contributed by atoms with Crippen LogP contribution in [0.15, 0.2) is 24.1 Å². The second kappa shape index (κ2) is 2.67. The molecule has 0 fully saturated rings. The summed E-state index contributed by atoms with van der Waals surface area (Å²) in [6.45, 7) is 1.92. The molecule has 0 spiro atoms. The normalized spacial score (nSPS) is 39.6. The van der Waals surface area contributed by atoms with Crippen LogP contribution in [0.1, 0.15) is 6.92 Å². The monoisotopic (exact) mass is 224 g/mol. The van der Waals surface area contributed by atoms with Crippen LogP contribution in [0.5, 0.6) is 0 Å². The summed E-state index contributed by atoms with van der Waals surface area (Å²) in [6, 6.07) is 0. The maximum Gasteiger partial charge on any atom is 0.126 e. The molecule has 0 saturated heterocycles. The average Bonchev–Trinajstić information content (AvgIpc) is 1.78.